The van der Waals surface area contributed by atoms with Crippen molar-refractivity contribution in [3.63, 3.8) is 0 Å². The summed E-state index contributed by atoms with van der Waals surface area (Å²) >= 11 is 0. The molecule has 2 unspecified atom stereocenters. The Morgan fingerprint density at radius 1 is 1.33 bits per heavy atom. The largest absolute Gasteiger partial charge is 0.480 e. The Labute approximate surface area is 124 Å². The molecule has 1 heterocycles. The summed E-state index contributed by atoms with van der Waals surface area (Å²) in [5, 5.41) is 9.33. The van der Waals surface area contributed by atoms with Crippen LogP contribution in [0, 0.1) is 5.92 Å². The summed E-state index contributed by atoms with van der Waals surface area (Å²) < 4.78 is 5.03. The van der Waals surface area contributed by atoms with Gasteiger partial charge >= 0.3 is 5.97 Å². The summed E-state index contributed by atoms with van der Waals surface area (Å²) in [5.74, 6) is -0.802. The summed E-state index contributed by atoms with van der Waals surface area (Å²) in [6, 6.07) is 6.40. The molecule has 0 aliphatic carbocycles. The van der Waals surface area contributed by atoms with Crippen molar-refractivity contribution < 1.29 is 19.4 Å². The number of carboxylic acids is 1. The van der Waals surface area contributed by atoms with Gasteiger partial charge in [-0.15, -0.1) is 0 Å². The normalized spacial score (nSPS) is 22.1. The van der Waals surface area contributed by atoms with Crippen LogP contribution in [0.15, 0.2) is 24.3 Å². The number of amides is 1. The lowest BCUT2D eigenvalue weighted by Crippen LogP contribution is -2.49. The lowest BCUT2D eigenvalue weighted by molar-refractivity contribution is -0.144. The molecule has 0 bridgehead atoms. The first-order valence-corrected chi connectivity index (χ1v) is 7.14. The van der Waals surface area contributed by atoms with Crippen LogP contribution in [0.5, 0.6) is 0 Å². The van der Waals surface area contributed by atoms with Gasteiger partial charge in [-0.3, -0.25) is 4.79 Å². The average Bonchev–Trinajstić information content (AvgIpc) is 2.47. The number of aliphatic carboxylic acids is 1. The molecule has 1 aliphatic rings. The summed E-state index contributed by atoms with van der Waals surface area (Å²) in [6.45, 7) is 3.02. The smallest absolute Gasteiger partial charge is 0.326 e. The van der Waals surface area contributed by atoms with Crippen LogP contribution in [0.2, 0.25) is 0 Å². The molecule has 0 saturated carbocycles. The van der Waals surface area contributed by atoms with Gasteiger partial charge < -0.3 is 14.7 Å². The zero-order valence-corrected chi connectivity index (χ0v) is 12.4. The van der Waals surface area contributed by atoms with Crippen LogP contribution in [0.25, 0.3) is 0 Å². The predicted molar refractivity (Wildman–Crippen MR) is 78.0 cm³/mol. The molecule has 0 radical (unpaired) electrons. The maximum Gasteiger partial charge on any atom is 0.326 e. The first-order chi connectivity index (χ1) is 10.0. The Balaban J connectivity index is 2.15. The van der Waals surface area contributed by atoms with Crippen LogP contribution in [-0.2, 0) is 16.1 Å². The van der Waals surface area contributed by atoms with Crippen LogP contribution in [-0.4, -0.2) is 41.6 Å². The van der Waals surface area contributed by atoms with Crippen molar-refractivity contribution in [2.75, 3.05) is 13.7 Å². The standard InChI is InChI=1S/C16H21NO4/c1-11-7-8-17(14(9-11)16(19)20)15(18)13-5-3-12(4-6-13)10-21-2/h3-6,11,14H,7-10H2,1-2H3,(H,19,20). The second-order valence-electron chi connectivity index (χ2n) is 5.61. The number of ether oxygens (including phenoxy) is 1. The summed E-state index contributed by atoms with van der Waals surface area (Å²) in [6.07, 6.45) is 1.36. The van der Waals surface area contributed by atoms with E-state index < -0.39 is 12.0 Å². The molecule has 1 fully saturated rings. The van der Waals surface area contributed by atoms with Crippen molar-refractivity contribution in [1.29, 1.82) is 0 Å². The molecule has 1 saturated heterocycles. The monoisotopic (exact) mass is 291 g/mol. The predicted octanol–water partition coefficient (Wildman–Crippen LogP) is 2.16. The Hall–Kier alpha value is -1.88. The zero-order chi connectivity index (χ0) is 15.4. The summed E-state index contributed by atoms with van der Waals surface area (Å²) in [4.78, 5) is 25.4. The van der Waals surface area contributed by atoms with Gasteiger partial charge in [-0.05, 0) is 36.5 Å². The Kier molecular flexibility index (Phi) is 4.96. The number of carbonyl (C=O) groups is 2. The molecular formula is C16H21NO4. The third-order valence-corrected chi connectivity index (χ3v) is 3.92. The Morgan fingerprint density at radius 2 is 2.00 bits per heavy atom. The number of nitrogens with zero attached hydrogens (tertiary/aromatic N) is 1. The maximum atomic E-state index is 12.5. The molecule has 5 heteroatoms. The Morgan fingerprint density at radius 3 is 2.57 bits per heavy atom. The van der Waals surface area contributed by atoms with E-state index in [1.807, 2.05) is 19.1 Å². The molecule has 1 aliphatic heterocycles. The quantitative estimate of drug-likeness (QED) is 0.923. The van der Waals surface area contributed by atoms with E-state index in [4.69, 9.17) is 4.74 Å². The number of benzene rings is 1. The fraction of sp³-hybridized carbons (Fsp3) is 0.500. The van der Waals surface area contributed by atoms with Crippen molar-refractivity contribution >= 4 is 11.9 Å². The number of likely N-dealkylation sites (tertiary alicyclic amines) is 1. The number of carboxylic acid groups (broad SMARTS) is 1. The van der Waals surface area contributed by atoms with Crippen molar-refractivity contribution in [2.24, 2.45) is 5.92 Å². The first kappa shape index (κ1) is 15.5. The van der Waals surface area contributed by atoms with E-state index >= 15 is 0 Å². The van der Waals surface area contributed by atoms with Gasteiger partial charge in [-0.2, -0.15) is 0 Å². The molecule has 1 aromatic rings. The molecule has 1 aromatic carbocycles. The van der Waals surface area contributed by atoms with Gasteiger partial charge in [-0.1, -0.05) is 19.1 Å². The first-order valence-electron chi connectivity index (χ1n) is 7.14. The number of hydrogen-bond acceptors (Lipinski definition) is 3. The lowest BCUT2D eigenvalue weighted by atomic mass is 9.92. The molecule has 0 spiro atoms. The fourth-order valence-corrected chi connectivity index (χ4v) is 2.69. The minimum Gasteiger partial charge on any atom is -0.480 e. The van der Waals surface area contributed by atoms with Crippen LogP contribution in [0.1, 0.15) is 35.7 Å². The van der Waals surface area contributed by atoms with E-state index in [2.05, 4.69) is 0 Å². The molecule has 114 valence electrons. The number of methoxy groups -OCH3 is 1. The SMILES string of the molecule is COCc1ccc(C(=O)N2CCC(C)CC2C(=O)O)cc1. The van der Waals surface area contributed by atoms with Crippen LogP contribution in [0.3, 0.4) is 0 Å². The molecule has 2 rings (SSSR count). The van der Waals surface area contributed by atoms with Crippen LogP contribution >= 0.6 is 0 Å². The fourth-order valence-electron chi connectivity index (χ4n) is 2.69. The molecule has 2 atom stereocenters. The topological polar surface area (TPSA) is 66.8 Å². The van der Waals surface area contributed by atoms with Crippen molar-refractivity contribution in [3.05, 3.63) is 35.4 Å². The van der Waals surface area contributed by atoms with E-state index in [9.17, 15) is 14.7 Å². The van der Waals surface area contributed by atoms with Gasteiger partial charge in [-0.25, -0.2) is 4.79 Å². The zero-order valence-electron chi connectivity index (χ0n) is 12.4. The second kappa shape index (κ2) is 6.72. The van der Waals surface area contributed by atoms with Gasteiger partial charge in [0.2, 0.25) is 0 Å². The number of carbonyl (C=O) groups excluding carboxylic acids is 1. The number of rotatable bonds is 4. The molecule has 1 amide bonds. The van der Waals surface area contributed by atoms with Gasteiger partial charge in [0.15, 0.2) is 0 Å². The minimum absolute atomic E-state index is 0.210. The third kappa shape index (κ3) is 3.61. The molecule has 0 aromatic heterocycles. The van der Waals surface area contributed by atoms with Gasteiger partial charge in [0.25, 0.3) is 5.91 Å². The number of hydrogen-bond donors (Lipinski definition) is 1. The van der Waals surface area contributed by atoms with Gasteiger partial charge in [0.05, 0.1) is 6.61 Å². The highest BCUT2D eigenvalue weighted by molar-refractivity contribution is 5.96. The Bertz CT molecular complexity index is 512. The van der Waals surface area contributed by atoms with E-state index in [1.165, 1.54) is 4.90 Å². The van der Waals surface area contributed by atoms with Crippen molar-refractivity contribution in [1.82, 2.24) is 4.90 Å². The van der Waals surface area contributed by atoms with Crippen molar-refractivity contribution in [2.45, 2.75) is 32.4 Å². The van der Waals surface area contributed by atoms with E-state index in [0.29, 0.717) is 31.1 Å². The van der Waals surface area contributed by atoms with Crippen molar-refractivity contribution in [3.8, 4) is 0 Å². The lowest BCUT2D eigenvalue weighted by Gasteiger charge is -2.36. The van der Waals surface area contributed by atoms with Gasteiger partial charge in [0.1, 0.15) is 6.04 Å². The summed E-state index contributed by atoms with van der Waals surface area (Å²) in [5.41, 5.74) is 1.51. The second-order valence-corrected chi connectivity index (χ2v) is 5.61. The van der Waals surface area contributed by atoms with E-state index in [1.54, 1.807) is 19.2 Å². The molecule has 21 heavy (non-hydrogen) atoms. The summed E-state index contributed by atoms with van der Waals surface area (Å²) in [7, 11) is 1.62. The van der Waals surface area contributed by atoms with E-state index in [0.717, 1.165) is 12.0 Å². The highest BCUT2D eigenvalue weighted by Gasteiger charge is 2.35. The average molecular weight is 291 g/mol. The minimum atomic E-state index is -0.925. The highest BCUT2D eigenvalue weighted by Crippen LogP contribution is 2.24. The van der Waals surface area contributed by atoms with Crippen LogP contribution in [0.4, 0.5) is 0 Å². The third-order valence-electron chi connectivity index (χ3n) is 3.92. The molecule has 1 N–H and O–H groups in total. The van der Waals surface area contributed by atoms with Gasteiger partial charge in [0, 0.05) is 19.2 Å². The van der Waals surface area contributed by atoms with Crippen LogP contribution < -0.4 is 0 Å². The van der Waals surface area contributed by atoms with E-state index in [-0.39, 0.29) is 5.91 Å². The highest BCUT2D eigenvalue weighted by atomic mass is 16.5. The molecule has 5 nitrogen and oxygen atoms in total. The molecular weight excluding hydrogens is 270 g/mol. The maximum absolute atomic E-state index is 12.5. The number of piperidine rings is 1.